The Labute approximate surface area is 72.6 Å². The minimum atomic E-state index is -0.956. The van der Waals surface area contributed by atoms with Gasteiger partial charge in [0.05, 0.1) is 13.0 Å². The molecule has 6 heteroatoms. The molecule has 0 atom stereocenters. The van der Waals surface area contributed by atoms with Gasteiger partial charge in [-0.2, -0.15) is 4.39 Å². The average molecular weight is 193 g/mol. The highest BCUT2D eigenvalue weighted by Crippen LogP contribution is 2.11. The van der Waals surface area contributed by atoms with Gasteiger partial charge in [0, 0.05) is 6.20 Å². The summed E-state index contributed by atoms with van der Waals surface area (Å²) in [6.45, 7) is 0.124. The molecule has 0 amide bonds. The Bertz CT molecular complexity index is 280. The van der Waals surface area contributed by atoms with Crippen LogP contribution in [0, 0.1) is 5.95 Å². The number of halogens is 2. The summed E-state index contributed by atoms with van der Waals surface area (Å²) < 4.78 is 13.6. The molecule has 1 aromatic heterocycles. The molecule has 0 radical (unpaired) electrons. The second-order valence-corrected chi connectivity index (χ2v) is 2.58. The Morgan fingerprint density at radius 1 is 1.83 bits per heavy atom. The molecule has 0 fully saturated rings. The predicted octanol–water partition coefficient (Wildman–Crippen LogP) is 1.15. The summed E-state index contributed by atoms with van der Waals surface area (Å²) in [6.07, 6.45) is 1.15. The predicted molar refractivity (Wildman–Crippen MR) is 39.4 cm³/mol. The molecule has 1 aromatic rings. The summed E-state index contributed by atoms with van der Waals surface area (Å²) in [5, 5.41) is 11.5. The second-order valence-electron chi connectivity index (χ2n) is 2.17. The monoisotopic (exact) mass is 192 g/mol. The first-order valence-corrected chi connectivity index (χ1v) is 3.57. The van der Waals surface area contributed by atoms with Crippen LogP contribution in [0.3, 0.4) is 0 Å². The summed E-state index contributed by atoms with van der Waals surface area (Å²) in [4.78, 5) is 10.1. The van der Waals surface area contributed by atoms with Gasteiger partial charge in [-0.25, -0.2) is 0 Å². The van der Waals surface area contributed by atoms with Crippen LogP contribution in [0.15, 0.2) is 6.20 Å². The van der Waals surface area contributed by atoms with E-state index in [1.54, 1.807) is 0 Å². The molecule has 0 saturated carbocycles. The fourth-order valence-corrected chi connectivity index (χ4v) is 0.849. The lowest BCUT2D eigenvalue weighted by Crippen LogP contribution is -2.04. The normalized spacial score (nSPS) is 10.2. The van der Waals surface area contributed by atoms with E-state index in [1.807, 2.05) is 0 Å². The molecule has 0 aromatic carbocycles. The van der Waals surface area contributed by atoms with Gasteiger partial charge in [0.1, 0.15) is 5.02 Å². The molecule has 1 heterocycles. The lowest BCUT2D eigenvalue weighted by molar-refractivity contribution is -0.137. The fraction of sp³-hybridized carbons (Fsp3) is 0.333. The molecule has 4 nitrogen and oxygen atoms in total. The van der Waals surface area contributed by atoms with Crippen LogP contribution in [0.5, 0.6) is 0 Å². The molecular formula is C6H6ClFN2O2. The van der Waals surface area contributed by atoms with Gasteiger partial charge in [-0.3, -0.25) is 9.48 Å². The zero-order valence-corrected chi connectivity index (χ0v) is 6.75. The third kappa shape index (κ3) is 2.20. The number of aryl methyl sites for hydroxylation is 1. The van der Waals surface area contributed by atoms with Crippen molar-refractivity contribution in [2.24, 2.45) is 0 Å². The highest BCUT2D eigenvalue weighted by molar-refractivity contribution is 6.30. The number of rotatable bonds is 3. The zero-order chi connectivity index (χ0) is 9.14. The van der Waals surface area contributed by atoms with Crippen molar-refractivity contribution in [1.29, 1.82) is 0 Å². The summed E-state index contributed by atoms with van der Waals surface area (Å²) in [6, 6.07) is 0. The molecule has 0 spiro atoms. The van der Waals surface area contributed by atoms with Gasteiger partial charge in [0.2, 0.25) is 0 Å². The van der Waals surface area contributed by atoms with E-state index in [1.165, 1.54) is 6.20 Å². The molecule has 0 saturated heterocycles. The molecule has 0 aliphatic rings. The molecular weight excluding hydrogens is 187 g/mol. The SMILES string of the molecule is O=C(O)CCn1cc(Cl)c(F)n1. The van der Waals surface area contributed by atoms with E-state index in [0.717, 1.165) is 4.68 Å². The van der Waals surface area contributed by atoms with Gasteiger partial charge < -0.3 is 5.11 Å². The number of nitrogens with zero attached hydrogens (tertiary/aromatic N) is 2. The minimum absolute atomic E-state index is 0.0969. The van der Waals surface area contributed by atoms with Crippen LogP contribution in [0.25, 0.3) is 0 Å². The Balaban J connectivity index is 2.58. The summed E-state index contributed by atoms with van der Waals surface area (Å²) in [5.74, 6) is -1.73. The first-order valence-electron chi connectivity index (χ1n) is 3.20. The zero-order valence-electron chi connectivity index (χ0n) is 6.00. The van der Waals surface area contributed by atoms with Crippen LogP contribution in [0.4, 0.5) is 4.39 Å². The lowest BCUT2D eigenvalue weighted by atomic mass is 10.4. The Kier molecular flexibility index (Phi) is 2.65. The second kappa shape index (κ2) is 3.53. The standard InChI is InChI=1S/C6H6ClFN2O2/c7-4-3-10(9-6(4)8)2-1-5(11)12/h3H,1-2H2,(H,11,12). The first-order chi connectivity index (χ1) is 5.59. The van der Waals surface area contributed by atoms with Crippen molar-refractivity contribution < 1.29 is 14.3 Å². The van der Waals surface area contributed by atoms with E-state index in [2.05, 4.69) is 5.10 Å². The maximum Gasteiger partial charge on any atom is 0.305 e. The molecule has 66 valence electrons. The van der Waals surface area contributed by atoms with E-state index in [0.29, 0.717) is 0 Å². The summed E-state index contributed by atoms with van der Waals surface area (Å²) >= 11 is 5.34. The quantitative estimate of drug-likeness (QED) is 0.782. The van der Waals surface area contributed by atoms with Crippen molar-refractivity contribution >= 4 is 17.6 Å². The van der Waals surface area contributed by atoms with Gasteiger partial charge in [-0.05, 0) is 0 Å². The van der Waals surface area contributed by atoms with Crippen LogP contribution < -0.4 is 0 Å². The largest absolute Gasteiger partial charge is 0.481 e. The maximum absolute atomic E-state index is 12.5. The van der Waals surface area contributed by atoms with Gasteiger partial charge in [0.25, 0.3) is 5.95 Å². The van der Waals surface area contributed by atoms with Crippen LogP contribution in [0.1, 0.15) is 6.42 Å². The molecule has 12 heavy (non-hydrogen) atoms. The number of carbonyl (C=O) groups is 1. The molecule has 1 rings (SSSR count). The van der Waals surface area contributed by atoms with Crippen LogP contribution >= 0.6 is 11.6 Å². The van der Waals surface area contributed by atoms with E-state index in [4.69, 9.17) is 16.7 Å². The number of aromatic nitrogens is 2. The molecule has 1 N–H and O–H groups in total. The van der Waals surface area contributed by atoms with Crippen LogP contribution in [0.2, 0.25) is 5.02 Å². The van der Waals surface area contributed by atoms with Gasteiger partial charge in [0.15, 0.2) is 0 Å². The number of hydrogen-bond acceptors (Lipinski definition) is 2. The first kappa shape index (κ1) is 8.99. The highest BCUT2D eigenvalue weighted by atomic mass is 35.5. The number of hydrogen-bond donors (Lipinski definition) is 1. The Morgan fingerprint density at radius 3 is 2.92 bits per heavy atom. The third-order valence-corrected chi connectivity index (χ3v) is 1.48. The van der Waals surface area contributed by atoms with Crippen molar-refractivity contribution in [2.45, 2.75) is 13.0 Å². The van der Waals surface area contributed by atoms with E-state index in [-0.39, 0.29) is 18.0 Å². The smallest absolute Gasteiger partial charge is 0.305 e. The summed E-state index contributed by atoms with van der Waals surface area (Å²) in [5.41, 5.74) is 0. The van der Waals surface area contributed by atoms with E-state index < -0.39 is 11.9 Å². The van der Waals surface area contributed by atoms with Crippen molar-refractivity contribution in [3.8, 4) is 0 Å². The number of carboxylic acid groups (broad SMARTS) is 1. The third-order valence-electron chi connectivity index (χ3n) is 1.23. The maximum atomic E-state index is 12.5. The topological polar surface area (TPSA) is 55.1 Å². The summed E-state index contributed by atoms with van der Waals surface area (Å²) in [7, 11) is 0. The lowest BCUT2D eigenvalue weighted by Gasteiger charge is -1.94. The van der Waals surface area contributed by atoms with Crippen molar-refractivity contribution in [2.75, 3.05) is 0 Å². The van der Waals surface area contributed by atoms with Gasteiger partial charge in [-0.1, -0.05) is 11.6 Å². The number of aliphatic carboxylic acids is 1. The van der Waals surface area contributed by atoms with Crippen molar-refractivity contribution in [1.82, 2.24) is 9.78 Å². The van der Waals surface area contributed by atoms with E-state index in [9.17, 15) is 9.18 Å². The average Bonchev–Trinajstić information content (AvgIpc) is 2.28. The molecule has 0 aliphatic carbocycles. The van der Waals surface area contributed by atoms with Gasteiger partial charge >= 0.3 is 5.97 Å². The highest BCUT2D eigenvalue weighted by Gasteiger charge is 2.05. The molecule has 0 aliphatic heterocycles. The fourth-order valence-electron chi connectivity index (χ4n) is 0.698. The van der Waals surface area contributed by atoms with Gasteiger partial charge in [-0.15, -0.1) is 5.10 Å². The van der Waals surface area contributed by atoms with Crippen molar-refractivity contribution in [3.05, 3.63) is 17.2 Å². The minimum Gasteiger partial charge on any atom is -0.481 e. The van der Waals surface area contributed by atoms with Crippen LogP contribution in [-0.2, 0) is 11.3 Å². The van der Waals surface area contributed by atoms with Crippen LogP contribution in [-0.4, -0.2) is 20.9 Å². The molecule has 0 unspecified atom stereocenters. The van der Waals surface area contributed by atoms with E-state index >= 15 is 0 Å². The Morgan fingerprint density at radius 2 is 2.50 bits per heavy atom. The van der Waals surface area contributed by atoms with Crippen molar-refractivity contribution in [3.63, 3.8) is 0 Å². The number of carboxylic acids is 1. The molecule has 0 bridgehead atoms. The Hall–Kier alpha value is -1.10.